The molecule has 0 unspecified atom stereocenters. The van der Waals surface area contributed by atoms with E-state index in [1.807, 2.05) is 31.2 Å². The fourth-order valence-electron chi connectivity index (χ4n) is 2.10. The molecule has 2 N–H and O–H groups in total. The second kappa shape index (κ2) is 8.97. The van der Waals surface area contributed by atoms with Crippen molar-refractivity contribution in [3.63, 3.8) is 0 Å². The minimum atomic E-state index is -0.417. The summed E-state index contributed by atoms with van der Waals surface area (Å²) in [5.41, 5.74) is 3.21. The highest BCUT2D eigenvalue weighted by Crippen LogP contribution is 2.01. The van der Waals surface area contributed by atoms with Gasteiger partial charge >= 0.3 is 5.97 Å². The Morgan fingerprint density at radius 1 is 1.00 bits per heavy atom. The molecule has 0 saturated carbocycles. The lowest BCUT2D eigenvalue weighted by Crippen LogP contribution is -2.27. The Balaban J connectivity index is 1.66. The molecule has 6 nitrogen and oxygen atoms in total. The van der Waals surface area contributed by atoms with E-state index in [0.717, 1.165) is 36.7 Å². The smallest absolute Gasteiger partial charge is 0.356 e. The summed E-state index contributed by atoms with van der Waals surface area (Å²) in [5, 5.41) is 6.62. The van der Waals surface area contributed by atoms with E-state index in [0.29, 0.717) is 12.2 Å². The maximum Gasteiger partial charge on any atom is 0.356 e. The van der Waals surface area contributed by atoms with Crippen molar-refractivity contribution < 1.29 is 9.53 Å². The number of hydrogen-bond acceptors (Lipinski definition) is 6. The molecule has 0 amide bonds. The zero-order valence-electron chi connectivity index (χ0n) is 13.5. The molecule has 0 saturated heterocycles. The first kappa shape index (κ1) is 17.1. The van der Waals surface area contributed by atoms with Gasteiger partial charge in [0.2, 0.25) is 0 Å². The highest BCUT2D eigenvalue weighted by Gasteiger charge is 2.06. The van der Waals surface area contributed by atoms with Crippen molar-refractivity contribution in [3.05, 3.63) is 59.2 Å². The Morgan fingerprint density at radius 2 is 1.61 bits per heavy atom. The summed E-state index contributed by atoms with van der Waals surface area (Å²) in [5.74, 6) is -0.417. The molecular formula is C17H22N4O2. The molecule has 0 aliphatic heterocycles. The fourth-order valence-corrected chi connectivity index (χ4v) is 2.10. The van der Waals surface area contributed by atoms with Gasteiger partial charge in [0, 0.05) is 31.9 Å². The maximum absolute atomic E-state index is 11.4. The maximum atomic E-state index is 11.4. The molecule has 0 aromatic carbocycles. The van der Waals surface area contributed by atoms with Crippen LogP contribution < -0.4 is 10.6 Å². The molecule has 2 rings (SSSR count). The highest BCUT2D eigenvalue weighted by atomic mass is 16.5. The van der Waals surface area contributed by atoms with E-state index in [9.17, 15) is 4.79 Å². The Labute approximate surface area is 136 Å². The van der Waals surface area contributed by atoms with Crippen LogP contribution in [0.4, 0.5) is 0 Å². The van der Waals surface area contributed by atoms with Gasteiger partial charge in [0.25, 0.3) is 0 Å². The van der Waals surface area contributed by atoms with E-state index in [4.69, 9.17) is 0 Å². The van der Waals surface area contributed by atoms with Crippen LogP contribution in [0.25, 0.3) is 0 Å². The molecule has 0 atom stereocenters. The highest BCUT2D eigenvalue weighted by molar-refractivity contribution is 5.87. The van der Waals surface area contributed by atoms with Gasteiger partial charge in [0.1, 0.15) is 5.69 Å². The van der Waals surface area contributed by atoms with Gasteiger partial charge in [-0.1, -0.05) is 12.1 Å². The monoisotopic (exact) mass is 314 g/mol. The molecular weight excluding hydrogens is 292 g/mol. The SMILES string of the molecule is COC(=O)c1cccc(CNCCNCc2cccc(C)n2)n1. The second-order valence-electron chi connectivity index (χ2n) is 5.13. The Kier molecular flexibility index (Phi) is 6.65. The van der Waals surface area contributed by atoms with Crippen molar-refractivity contribution in [3.8, 4) is 0 Å². The molecule has 0 fully saturated rings. The van der Waals surface area contributed by atoms with Crippen LogP contribution in [0.2, 0.25) is 0 Å². The summed E-state index contributed by atoms with van der Waals surface area (Å²) in [7, 11) is 1.35. The zero-order chi connectivity index (χ0) is 16.5. The van der Waals surface area contributed by atoms with Crippen LogP contribution >= 0.6 is 0 Å². The molecule has 0 spiro atoms. The number of nitrogens with one attached hydrogen (secondary N) is 2. The third kappa shape index (κ3) is 5.77. The van der Waals surface area contributed by atoms with Crippen molar-refractivity contribution in [1.82, 2.24) is 20.6 Å². The summed E-state index contributed by atoms with van der Waals surface area (Å²) >= 11 is 0. The van der Waals surface area contributed by atoms with Gasteiger partial charge in [-0.25, -0.2) is 9.78 Å². The van der Waals surface area contributed by atoms with Gasteiger partial charge in [0.15, 0.2) is 0 Å². The Hall–Kier alpha value is -2.31. The van der Waals surface area contributed by atoms with Crippen LogP contribution in [0.1, 0.15) is 27.6 Å². The van der Waals surface area contributed by atoms with Crippen molar-refractivity contribution in [2.45, 2.75) is 20.0 Å². The summed E-state index contributed by atoms with van der Waals surface area (Å²) in [6, 6.07) is 11.3. The standard InChI is InChI=1S/C17H22N4O2/c1-13-5-3-6-14(20-13)11-18-9-10-19-12-15-7-4-8-16(21-15)17(22)23-2/h3-8,18-19H,9-12H2,1-2H3. The third-order valence-corrected chi connectivity index (χ3v) is 3.24. The van der Waals surface area contributed by atoms with Gasteiger partial charge in [-0.15, -0.1) is 0 Å². The lowest BCUT2D eigenvalue weighted by Gasteiger charge is -2.07. The largest absolute Gasteiger partial charge is 0.464 e. The second-order valence-corrected chi connectivity index (χ2v) is 5.13. The van der Waals surface area contributed by atoms with E-state index in [-0.39, 0.29) is 0 Å². The number of methoxy groups -OCH3 is 1. The number of carbonyl (C=O) groups is 1. The molecule has 23 heavy (non-hydrogen) atoms. The molecule has 0 aliphatic carbocycles. The van der Waals surface area contributed by atoms with E-state index in [1.165, 1.54) is 7.11 Å². The Morgan fingerprint density at radius 3 is 2.22 bits per heavy atom. The number of aromatic nitrogens is 2. The number of carbonyl (C=O) groups excluding carboxylic acids is 1. The number of pyridine rings is 2. The van der Waals surface area contributed by atoms with Gasteiger partial charge < -0.3 is 15.4 Å². The van der Waals surface area contributed by atoms with Crippen LogP contribution in [0.5, 0.6) is 0 Å². The molecule has 2 aromatic heterocycles. The predicted molar refractivity (Wildman–Crippen MR) is 88.0 cm³/mol. The average molecular weight is 314 g/mol. The first-order valence-corrected chi connectivity index (χ1v) is 7.57. The van der Waals surface area contributed by atoms with Crippen LogP contribution in [0, 0.1) is 6.92 Å². The van der Waals surface area contributed by atoms with Crippen molar-refractivity contribution >= 4 is 5.97 Å². The predicted octanol–water partition coefficient (Wildman–Crippen LogP) is 1.45. The minimum Gasteiger partial charge on any atom is -0.464 e. The first-order valence-electron chi connectivity index (χ1n) is 7.57. The number of ether oxygens (including phenoxy) is 1. The van der Waals surface area contributed by atoms with Crippen molar-refractivity contribution in [2.24, 2.45) is 0 Å². The third-order valence-electron chi connectivity index (χ3n) is 3.24. The van der Waals surface area contributed by atoms with Crippen LogP contribution in [-0.4, -0.2) is 36.1 Å². The van der Waals surface area contributed by atoms with E-state index < -0.39 is 5.97 Å². The molecule has 2 heterocycles. The van der Waals surface area contributed by atoms with E-state index in [1.54, 1.807) is 12.1 Å². The number of hydrogen-bond donors (Lipinski definition) is 2. The summed E-state index contributed by atoms with van der Waals surface area (Å²) in [4.78, 5) is 20.1. The van der Waals surface area contributed by atoms with Gasteiger partial charge in [-0.3, -0.25) is 4.98 Å². The Bertz CT molecular complexity index is 646. The van der Waals surface area contributed by atoms with Gasteiger partial charge in [-0.2, -0.15) is 0 Å². The first-order chi connectivity index (χ1) is 11.2. The normalized spacial score (nSPS) is 10.5. The number of nitrogens with zero attached hydrogens (tertiary/aromatic N) is 2. The lowest BCUT2D eigenvalue weighted by molar-refractivity contribution is 0.0593. The van der Waals surface area contributed by atoms with Crippen LogP contribution in [0.15, 0.2) is 36.4 Å². The van der Waals surface area contributed by atoms with E-state index in [2.05, 4.69) is 25.3 Å². The topological polar surface area (TPSA) is 76.1 Å². The molecule has 2 aromatic rings. The van der Waals surface area contributed by atoms with Crippen molar-refractivity contribution in [1.29, 1.82) is 0 Å². The van der Waals surface area contributed by atoms with E-state index >= 15 is 0 Å². The molecule has 122 valence electrons. The molecule has 0 radical (unpaired) electrons. The fraction of sp³-hybridized carbons (Fsp3) is 0.353. The summed E-state index contributed by atoms with van der Waals surface area (Å²) < 4.78 is 4.66. The number of aryl methyl sites for hydroxylation is 1. The molecule has 6 heteroatoms. The molecule has 0 aliphatic rings. The van der Waals surface area contributed by atoms with Gasteiger partial charge in [0.05, 0.1) is 18.5 Å². The zero-order valence-corrected chi connectivity index (χ0v) is 13.5. The van der Waals surface area contributed by atoms with Gasteiger partial charge in [-0.05, 0) is 31.2 Å². The summed E-state index contributed by atoms with van der Waals surface area (Å²) in [6.45, 7) is 4.97. The van der Waals surface area contributed by atoms with Crippen LogP contribution in [0.3, 0.4) is 0 Å². The minimum absolute atomic E-state index is 0.329. The van der Waals surface area contributed by atoms with Crippen molar-refractivity contribution in [2.75, 3.05) is 20.2 Å². The summed E-state index contributed by atoms with van der Waals surface area (Å²) in [6.07, 6.45) is 0. The average Bonchev–Trinajstić information content (AvgIpc) is 2.57. The lowest BCUT2D eigenvalue weighted by atomic mass is 10.3. The van der Waals surface area contributed by atoms with Crippen LogP contribution in [-0.2, 0) is 17.8 Å². The quantitative estimate of drug-likeness (QED) is 0.567. The number of rotatable bonds is 8. The molecule has 0 bridgehead atoms. The number of esters is 1.